The number of hydrogen-bond acceptors (Lipinski definition) is 4. The lowest BCUT2D eigenvalue weighted by molar-refractivity contribution is -0.133. The van der Waals surface area contributed by atoms with E-state index in [1.165, 1.54) is 19.4 Å². The monoisotopic (exact) mass is 214 g/mol. The summed E-state index contributed by atoms with van der Waals surface area (Å²) >= 11 is 0. The van der Waals surface area contributed by atoms with Crippen molar-refractivity contribution in [2.24, 2.45) is 5.41 Å². The van der Waals surface area contributed by atoms with Crippen molar-refractivity contribution in [2.45, 2.75) is 32.5 Å². The largest absolute Gasteiger partial charge is 0.497 e. The van der Waals surface area contributed by atoms with E-state index in [0.717, 1.165) is 0 Å². The van der Waals surface area contributed by atoms with Crippen LogP contribution in [0.25, 0.3) is 0 Å². The van der Waals surface area contributed by atoms with Crippen molar-refractivity contribution < 1.29 is 19.4 Å². The Labute approximate surface area is 89.9 Å². The number of aliphatic hydroxyl groups excluding tert-OH is 1. The summed E-state index contributed by atoms with van der Waals surface area (Å²) in [5.41, 5.74) is -0.580. The molecule has 0 aromatic heterocycles. The fraction of sp³-hybridized carbons (Fsp3) is 0.727. The van der Waals surface area contributed by atoms with Crippen LogP contribution in [0.1, 0.15) is 20.3 Å². The number of ether oxygens (including phenoxy) is 2. The average molecular weight is 214 g/mol. The van der Waals surface area contributed by atoms with Crippen LogP contribution in [0, 0.1) is 5.41 Å². The molecule has 1 heterocycles. The Balaban J connectivity index is 2.62. The molecule has 0 spiro atoms. The van der Waals surface area contributed by atoms with Gasteiger partial charge in [0.15, 0.2) is 5.78 Å². The number of hydrogen-bond donors (Lipinski definition) is 1. The second-order valence-electron chi connectivity index (χ2n) is 4.36. The zero-order valence-electron chi connectivity index (χ0n) is 9.40. The van der Waals surface area contributed by atoms with Gasteiger partial charge in [0.05, 0.1) is 24.4 Å². The Morgan fingerprint density at radius 3 is 2.93 bits per heavy atom. The normalized spacial score (nSPS) is 26.1. The number of carbonyl (C=O) groups is 1. The van der Waals surface area contributed by atoms with Crippen molar-refractivity contribution in [3.8, 4) is 0 Å². The molecule has 0 fully saturated rings. The molecular formula is C11H18O4. The number of aliphatic hydroxyl groups is 1. The maximum Gasteiger partial charge on any atom is 0.168 e. The van der Waals surface area contributed by atoms with Gasteiger partial charge in [0.1, 0.15) is 6.10 Å². The van der Waals surface area contributed by atoms with Crippen LogP contribution in [0.3, 0.4) is 0 Å². The van der Waals surface area contributed by atoms with E-state index in [4.69, 9.17) is 9.47 Å². The molecule has 0 saturated heterocycles. The Morgan fingerprint density at radius 1 is 1.67 bits per heavy atom. The van der Waals surface area contributed by atoms with Crippen molar-refractivity contribution in [1.29, 1.82) is 0 Å². The van der Waals surface area contributed by atoms with Crippen LogP contribution < -0.4 is 0 Å². The van der Waals surface area contributed by atoms with Crippen molar-refractivity contribution in [2.75, 3.05) is 13.7 Å². The molecule has 2 atom stereocenters. The van der Waals surface area contributed by atoms with Gasteiger partial charge in [0.2, 0.25) is 0 Å². The molecule has 1 aliphatic rings. The summed E-state index contributed by atoms with van der Waals surface area (Å²) in [5.74, 6) is 0.0309. The molecule has 0 aromatic carbocycles. The van der Waals surface area contributed by atoms with Crippen molar-refractivity contribution >= 4 is 5.78 Å². The fourth-order valence-corrected chi connectivity index (χ4v) is 1.60. The minimum atomic E-state index is -0.599. The molecule has 0 amide bonds. The van der Waals surface area contributed by atoms with E-state index >= 15 is 0 Å². The number of carbonyl (C=O) groups excluding carboxylic acids is 1. The zero-order chi connectivity index (χ0) is 11.5. The Bertz CT molecular complexity index is 257. The third kappa shape index (κ3) is 2.79. The van der Waals surface area contributed by atoms with Crippen LogP contribution in [0.4, 0.5) is 0 Å². The lowest BCUT2D eigenvalue weighted by Crippen LogP contribution is -2.42. The first kappa shape index (κ1) is 12.2. The smallest absolute Gasteiger partial charge is 0.168 e. The SMILES string of the molecule is COC[C@@H](O)C[C@H]1OC=CC(=O)C1(C)C. The topological polar surface area (TPSA) is 55.8 Å². The van der Waals surface area contributed by atoms with E-state index in [1.807, 2.05) is 13.8 Å². The maximum atomic E-state index is 11.6. The summed E-state index contributed by atoms with van der Waals surface area (Å²) in [7, 11) is 1.53. The number of methoxy groups -OCH3 is 1. The molecule has 4 heteroatoms. The average Bonchev–Trinajstić information content (AvgIpc) is 2.14. The molecule has 1 aliphatic heterocycles. The third-order valence-corrected chi connectivity index (χ3v) is 2.75. The maximum absolute atomic E-state index is 11.6. The van der Waals surface area contributed by atoms with Gasteiger partial charge in [-0.3, -0.25) is 4.79 Å². The lowest BCUT2D eigenvalue weighted by Gasteiger charge is -2.35. The molecule has 15 heavy (non-hydrogen) atoms. The summed E-state index contributed by atoms with van der Waals surface area (Å²) in [6.45, 7) is 3.90. The highest BCUT2D eigenvalue weighted by Gasteiger charge is 2.39. The van der Waals surface area contributed by atoms with Crippen LogP contribution in [-0.4, -0.2) is 36.8 Å². The van der Waals surface area contributed by atoms with E-state index < -0.39 is 11.5 Å². The van der Waals surface area contributed by atoms with Gasteiger partial charge in [-0.05, 0) is 13.8 Å². The van der Waals surface area contributed by atoms with Gasteiger partial charge in [-0.25, -0.2) is 0 Å². The molecule has 1 N–H and O–H groups in total. The molecule has 86 valence electrons. The molecule has 0 saturated carbocycles. The van der Waals surface area contributed by atoms with E-state index in [2.05, 4.69) is 0 Å². The van der Waals surface area contributed by atoms with Gasteiger partial charge in [-0.1, -0.05) is 0 Å². The number of rotatable bonds is 4. The van der Waals surface area contributed by atoms with Gasteiger partial charge in [-0.15, -0.1) is 0 Å². The predicted octanol–water partition coefficient (Wildman–Crippen LogP) is 0.892. The number of ketones is 1. The number of allylic oxidation sites excluding steroid dienone is 1. The van der Waals surface area contributed by atoms with Crippen molar-refractivity contribution in [3.05, 3.63) is 12.3 Å². The molecule has 4 nitrogen and oxygen atoms in total. The molecule has 1 rings (SSSR count). The van der Waals surface area contributed by atoms with Gasteiger partial charge in [-0.2, -0.15) is 0 Å². The zero-order valence-corrected chi connectivity index (χ0v) is 9.40. The quantitative estimate of drug-likeness (QED) is 0.755. The molecule has 0 aliphatic carbocycles. The standard InChI is InChI=1S/C11H18O4/c1-11(2)9(13)4-5-15-10(11)6-8(12)7-14-3/h4-5,8,10,12H,6-7H2,1-3H3/t8-,10+/m0/s1. The summed E-state index contributed by atoms with van der Waals surface area (Å²) in [6.07, 6.45) is 2.34. The lowest BCUT2D eigenvalue weighted by atomic mass is 9.78. The summed E-state index contributed by atoms with van der Waals surface area (Å²) in [4.78, 5) is 11.6. The van der Waals surface area contributed by atoms with Crippen molar-refractivity contribution in [3.63, 3.8) is 0 Å². The minimum Gasteiger partial charge on any atom is -0.497 e. The van der Waals surface area contributed by atoms with Gasteiger partial charge < -0.3 is 14.6 Å². The second kappa shape index (κ2) is 4.77. The van der Waals surface area contributed by atoms with E-state index in [-0.39, 0.29) is 18.5 Å². The Morgan fingerprint density at radius 2 is 2.33 bits per heavy atom. The molecular weight excluding hydrogens is 196 g/mol. The highest BCUT2D eigenvalue weighted by molar-refractivity contribution is 5.95. The van der Waals surface area contributed by atoms with Crippen LogP contribution in [0.2, 0.25) is 0 Å². The highest BCUT2D eigenvalue weighted by atomic mass is 16.5. The van der Waals surface area contributed by atoms with Crippen LogP contribution >= 0.6 is 0 Å². The Hall–Kier alpha value is -0.870. The van der Waals surface area contributed by atoms with E-state index in [1.54, 1.807) is 0 Å². The molecule has 0 bridgehead atoms. The Kier molecular flexibility index (Phi) is 3.88. The summed E-state index contributed by atoms with van der Waals surface area (Å²) in [6, 6.07) is 0. The van der Waals surface area contributed by atoms with E-state index in [9.17, 15) is 9.90 Å². The first-order valence-corrected chi connectivity index (χ1v) is 5.02. The van der Waals surface area contributed by atoms with Crippen molar-refractivity contribution in [1.82, 2.24) is 0 Å². The van der Waals surface area contributed by atoms with E-state index in [0.29, 0.717) is 6.42 Å². The highest BCUT2D eigenvalue weighted by Crippen LogP contribution is 2.31. The first-order valence-electron chi connectivity index (χ1n) is 5.02. The van der Waals surface area contributed by atoms with Gasteiger partial charge >= 0.3 is 0 Å². The summed E-state index contributed by atoms with van der Waals surface area (Å²) in [5, 5.41) is 9.58. The van der Waals surface area contributed by atoms with Crippen LogP contribution in [0.5, 0.6) is 0 Å². The molecule has 0 aromatic rings. The van der Waals surface area contributed by atoms with Crippen LogP contribution in [-0.2, 0) is 14.3 Å². The van der Waals surface area contributed by atoms with Gasteiger partial charge in [0, 0.05) is 19.6 Å². The first-order chi connectivity index (χ1) is 6.98. The van der Waals surface area contributed by atoms with Gasteiger partial charge in [0.25, 0.3) is 0 Å². The summed E-state index contributed by atoms with van der Waals surface area (Å²) < 4.78 is 10.2. The second-order valence-corrected chi connectivity index (χ2v) is 4.36. The minimum absolute atomic E-state index is 0.0309. The predicted molar refractivity (Wildman–Crippen MR) is 55.3 cm³/mol. The van der Waals surface area contributed by atoms with Crippen LogP contribution in [0.15, 0.2) is 12.3 Å². The molecule has 0 unspecified atom stereocenters. The third-order valence-electron chi connectivity index (χ3n) is 2.75. The molecule has 0 radical (unpaired) electrons. The fourth-order valence-electron chi connectivity index (χ4n) is 1.60.